The maximum atomic E-state index is 11.3. The molecule has 0 fully saturated rings. The van der Waals surface area contributed by atoms with Gasteiger partial charge in [-0.25, -0.2) is 0 Å². The molecule has 1 aromatic rings. The Hall–Kier alpha value is -2.22. The largest absolute Gasteiger partial charge is 0.289 e. The van der Waals surface area contributed by atoms with Crippen LogP contribution in [0, 0.1) is 6.92 Å². The van der Waals surface area contributed by atoms with E-state index >= 15 is 0 Å². The van der Waals surface area contributed by atoms with E-state index in [4.69, 9.17) is 0 Å². The van der Waals surface area contributed by atoms with Gasteiger partial charge in [0.15, 0.2) is 11.6 Å². The fourth-order valence-electron chi connectivity index (χ4n) is 1.55. The molecule has 0 atom stereocenters. The van der Waals surface area contributed by atoms with E-state index in [-0.39, 0.29) is 17.1 Å². The lowest BCUT2D eigenvalue weighted by molar-refractivity contribution is -0.115. The van der Waals surface area contributed by atoms with Gasteiger partial charge in [-0.2, -0.15) is 0 Å². The summed E-state index contributed by atoms with van der Waals surface area (Å²) in [7, 11) is 0. The summed E-state index contributed by atoms with van der Waals surface area (Å²) in [6.07, 6.45) is 7.75. The molecule has 0 N–H and O–H groups in total. The van der Waals surface area contributed by atoms with Crippen molar-refractivity contribution in [1.82, 2.24) is 0 Å². The molecule has 1 aliphatic rings. The summed E-state index contributed by atoms with van der Waals surface area (Å²) in [4.78, 5) is 22.5. The van der Waals surface area contributed by atoms with Crippen LogP contribution in [0.3, 0.4) is 0 Å². The molecule has 1 aromatic carbocycles. The Labute approximate surface area is 100.0 Å². The number of aryl methyl sites for hydroxylation is 1. The van der Waals surface area contributed by atoms with E-state index in [0.717, 1.165) is 5.56 Å². The minimum atomic E-state index is -0.219. The van der Waals surface area contributed by atoms with Crippen molar-refractivity contribution in [3.63, 3.8) is 0 Å². The number of carbonyl (C=O) groups is 2. The minimum Gasteiger partial charge on any atom is -0.289 e. The summed E-state index contributed by atoms with van der Waals surface area (Å²) in [5, 5.41) is 0. The van der Waals surface area contributed by atoms with Crippen LogP contribution in [0.25, 0.3) is 6.08 Å². The van der Waals surface area contributed by atoms with Crippen LogP contribution in [0.5, 0.6) is 0 Å². The number of carbonyl (C=O) groups excluding carboxylic acids is 2. The molecule has 2 rings (SSSR count). The van der Waals surface area contributed by atoms with Gasteiger partial charge in [0, 0.05) is 0 Å². The van der Waals surface area contributed by atoms with Crippen molar-refractivity contribution in [3.8, 4) is 0 Å². The third kappa shape index (κ3) is 2.67. The van der Waals surface area contributed by atoms with Gasteiger partial charge in [-0.3, -0.25) is 9.59 Å². The maximum absolute atomic E-state index is 11.3. The zero-order valence-corrected chi connectivity index (χ0v) is 9.51. The molecular weight excluding hydrogens is 212 g/mol. The molecule has 0 amide bonds. The molecule has 0 saturated heterocycles. The summed E-state index contributed by atoms with van der Waals surface area (Å²) in [5.74, 6) is -0.438. The van der Waals surface area contributed by atoms with E-state index in [1.165, 1.54) is 17.7 Å². The van der Waals surface area contributed by atoms with Gasteiger partial charge in [0.25, 0.3) is 0 Å². The molecule has 0 spiro atoms. The lowest BCUT2D eigenvalue weighted by Crippen LogP contribution is -1.99. The van der Waals surface area contributed by atoms with E-state index in [9.17, 15) is 9.59 Å². The number of hydrogen-bond acceptors (Lipinski definition) is 2. The highest BCUT2D eigenvalue weighted by Crippen LogP contribution is 2.10. The first-order valence-electron chi connectivity index (χ1n) is 5.38. The Morgan fingerprint density at radius 2 is 1.53 bits per heavy atom. The van der Waals surface area contributed by atoms with Gasteiger partial charge in [0.05, 0.1) is 5.57 Å². The number of hydrogen-bond donors (Lipinski definition) is 0. The predicted molar refractivity (Wildman–Crippen MR) is 67.5 cm³/mol. The van der Waals surface area contributed by atoms with Crippen molar-refractivity contribution in [2.24, 2.45) is 0 Å². The van der Waals surface area contributed by atoms with Crippen molar-refractivity contribution in [3.05, 3.63) is 65.3 Å². The average Bonchev–Trinajstić information content (AvgIpc) is 2.63. The molecule has 1 aliphatic carbocycles. The third-order valence-electron chi connectivity index (χ3n) is 2.55. The van der Waals surface area contributed by atoms with Gasteiger partial charge in [-0.1, -0.05) is 42.0 Å². The molecule has 84 valence electrons. The highest BCUT2D eigenvalue weighted by atomic mass is 16.2. The molecule has 0 aliphatic heterocycles. The molecule has 0 heterocycles. The first kappa shape index (κ1) is 11.3. The zero-order chi connectivity index (χ0) is 12.3. The van der Waals surface area contributed by atoms with E-state index < -0.39 is 0 Å². The highest BCUT2D eigenvalue weighted by molar-refractivity contribution is 6.33. The van der Waals surface area contributed by atoms with E-state index in [1.54, 1.807) is 12.2 Å². The van der Waals surface area contributed by atoms with Crippen molar-refractivity contribution < 1.29 is 9.59 Å². The normalized spacial score (nSPS) is 15.0. The van der Waals surface area contributed by atoms with Crippen LogP contribution in [0.2, 0.25) is 0 Å². The first-order valence-corrected chi connectivity index (χ1v) is 5.38. The third-order valence-corrected chi connectivity index (χ3v) is 2.55. The Morgan fingerprint density at radius 1 is 0.941 bits per heavy atom. The Kier molecular flexibility index (Phi) is 3.15. The summed E-state index contributed by atoms with van der Waals surface area (Å²) >= 11 is 0. The van der Waals surface area contributed by atoms with Crippen LogP contribution in [0.4, 0.5) is 0 Å². The van der Waals surface area contributed by atoms with Crippen LogP contribution >= 0.6 is 0 Å². The Morgan fingerprint density at radius 3 is 2.12 bits per heavy atom. The minimum absolute atomic E-state index is 0.219. The molecule has 0 aromatic heterocycles. The molecule has 0 radical (unpaired) electrons. The van der Waals surface area contributed by atoms with E-state index in [2.05, 4.69) is 0 Å². The van der Waals surface area contributed by atoms with Gasteiger partial charge in [0.2, 0.25) is 0 Å². The second-order valence-corrected chi connectivity index (χ2v) is 3.91. The van der Waals surface area contributed by atoms with Gasteiger partial charge >= 0.3 is 0 Å². The van der Waals surface area contributed by atoms with Gasteiger partial charge in [-0.05, 0) is 30.7 Å². The summed E-state index contributed by atoms with van der Waals surface area (Å²) in [6, 6.07) is 8.00. The Bertz CT molecular complexity index is 523. The molecule has 17 heavy (non-hydrogen) atoms. The van der Waals surface area contributed by atoms with E-state index in [1.807, 2.05) is 37.3 Å². The quantitative estimate of drug-likeness (QED) is 0.571. The zero-order valence-electron chi connectivity index (χ0n) is 9.51. The predicted octanol–water partition coefficient (Wildman–Crippen LogP) is 2.64. The summed E-state index contributed by atoms with van der Waals surface area (Å²) < 4.78 is 0. The molecule has 0 bridgehead atoms. The van der Waals surface area contributed by atoms with Gasteiger partial charge in [-0.15, -0.1) is 0 Å². The van der Waals surface area contributed by atoms with Crippen LogP contribution in [0.1, 0.15) is 11.1 Å². The van der Waals surface area contributed by atoms with Crippen molar-refractivity contribution in [2.45, 2.75) is 6.92 Å². The van der Waals surface area contributed by atoms with E-state index in [0.29, 0.717) is 0 Å². The van der Waals surface area contributed by atoms with Crippen molar-refractivity contribution in [1.29, 1.82) is 0 Å². The molecule has 2 heteroatoms. The molecule has 0 saturated carbocycles. The number of benzene rings is 1. The molecule has 2 nitrogen and oxygen atoms in total. The standard InChI is InChI=1S/C15H12O2/c1-11-5-7-12(8-6-11)3-2-4-13-14(16)9-10-15(13)17/h2-10H,1H3/b3-2+. The molecule has 0 unspecified atom stereocenters. The second-order valence-electron chi connectivity index (χ2n) is 3.91. The maximum Gasteiger partial charge on any atom is 0.189 e. The number of rotatable bonds is 2. The number of allylic oxidation sites excluding steroid dienone is 5. The first-order chi connectivity index (χ1) is 8.16. The smallest absolute Gasteiger partial charge is 0.189 e. The second kappa shape index (κ2) is 4.74. The fraction of sp³-hybridized carbons (Fsp3) is 0.0667. The van der Waals surface area contributed by atoms with Crippen LogP contribution in [-0.4, -0.2) is 11.6 Å². The lowest BCUT2D eigenvalue weighted by atomic mass is 10.1. The topological polar surface area (TPSA) is 34.1 Å². The highest BCUT2D eigenvalue weighted by Gasteiger charge is 2.18. The Balaban J connectivity index is 2.12. The van der Waals surface area contributed by atoms with Gasteiger partial charge in [0.1, 0.15) is 0 Å². The summed E-state index contributed by atoms with van der Waals surface area (Å²) in [5.41, 5.74) is 2.47. The van der Waals surface area contributed by atoms with Crippen LogP contribution in [0.15, 0.2) is 54.1 Å². The van der Waals surface area contributed by atoms with Crippen molar-refractivity contribution >= 4 is 17.6 Å². The average molecular weight is 224 g/mol. The lowest BCUT2D eigenvalue weighted by Gasteiger charge is -1.93. The van der Waals surface area contributed by atoms with Crippen LogP contribution in [-0.2, 0) is 9.59 Å². The van der Waals surface area contributed by atoms with Crippen molar-refractivity contribution in [2.75, 3.05) is 0 Å². The molecular formula is C15H12O2. The monoisotopic (exact) mass is 224 g/mol. The van der Waals surface area contributed by atoms with Crippen LogP contribution < -0.4 is 0 Å². The fourth-order valence-corrected chi connectivity index (χ4v) is 1.55. The SMILES string of the molecule is Cc1ccc(/C=C/C=C2C(=O)C=CC2=O)cc1. The summed E-state index contributed by atoms with van der Waals surface area (Å²) in [6.45, 7) is 2.02. The van der Waals surface area contributed by atoms with Gasteiger partial charge < -0.3 is 0 Å². The number of ketones is 2.